The summed E-state index contributed by atoms with van der Waals surface area (Å²) in [5.74, 6) is 0.374. The molecule has 7 heteroatoms. The van der Waals surface area contributed by atoms with E-state index in [-0.39, 0.29) is 11.7 Å². The van der Waals surface area contributed by atoms with Crippen LogP contribution in [0.15, 0.2) is 54.6 Å². The van der Waals surface area contributed by atoms with Crippen molar-refractivity contribution in [1.29, 1.82) is 0 Å². The number of aromatic nitrogens is 2. The molecule has 1 aliphatic carbocycles. The highest BCUT2D eigenvalue weighted by Crippen LogP contribution is 2.37. The van der Waals surface area contributed by atoms with Crippen LogP contribution in [0.5, 0.6) is 11.6 Å². The van der Waals surface area contributed by atoms with Crippen molar-refractivity contribution in [1.82, 2.24) is 14.7 Å². The molecule has 0 radical (unpaired) electrons. The molecule has 34 heavy (non-hydrogen) atoms. The fraction of sp³-hybridized carbons (Fsp3) is 0.444. The maximum atomic E-state index is 14.6. The number of ether oxygens (including phenoxy) is 2. The Morgan fingerprint density at radius 3 is 2.47 bits per heavy atom. The van der Waals surface area contributed by atoms with Gasteiger partial charge < -0.3 is 14.6 Å². The Morgan fingerprint density at radius 1 is 1.12 bits per heavy atom. The van der Waals surface area contributed by atoms with Crippen molar-refractivity contribution < 1.29 is 19.0 Å². The number of para-hydroxylation sites is 2. The summed E-state index contributed by atoms with van der Waals surface area (Å²) in [5.41, 5.74) is 2.66. The third-order valence-electron chi connectivity index (χ3n) is 5.94. The Hall–Kier alpha value is -2.74. The third-order valence-corrected chi connectivity index (χ3v) is 5.94. The van der Waals surface area contributed by atoms with E-state index in [0.29, 0.717) is 38.2 Å². The molecule has 1 saturated carbocycles. The molecule has 0 aliphatic heterocycles. The SMILES string of the molecule is CCOCC(O)CN(Cc1c(C(C)C)nn(-c2ccccc2)c1Oc1ccccc1F)C1CC1. The predicted molar refractivity (Wildman–Crippen MR) is 130 cm³/mol. The molecule has 0 saturated heterocycles. The normalized spacial score (nSPS) is 14.7. The zero-order valence-electron chi connectivity index (χ0n) is 20.2. The minimum absolute atomic E-state index is 0.136. The zero-order chi connectivity index (χ0) is 24.1. The Labute approximate surface area is 200 Å². The highest BCUT2D eigenvalue weighted by atomic mass is 19.1. The first-order chi connectivity index (χ1) is 16.5. The summed E-state index contributed by atoms with van der Waals surface area (Å²) in [5, 5.41) is 15.5. The maximum Gasteiger partial charge on any atom is 0.227 e. The van der Waals surface area contributed by atoms with Gasteiger partial charge in [0.25, 0.3) is 0 Å². The van der Waals surface area contributed by atoms with Crippen molar-refractivity contribution >= 4 is 0 Å². The van der Waals surface area contributed by atoms with Crippen molar-refractivity contribution in [2.75, 3.05) is 19.8 Å². The molecule has 1 atom stereocenters. The summed E-state index contributed by atoms with van der Waals surface area (Å²) >= 11 is 0. The van der Waals surface area contributed by atoms with Gasteiger partial charge in [-0.05, 0) is 49.9 Å². The standard InChI is InChI=1S/C27H34FN3O3/c1-4-33-18-22(32)16-30(20-14-15-20)17-23-26(19(2)3)29-31(21-10-6-5-7-11-21)27(23)34-25-13-9-8-12-24(25)28/h5-13,19-20,22,32H,4,14-18H2,1-3H3. The predicted octanol–water partition coefficient (Wildman–Crippen LogP) is 5.29. The van der Waals surface area contributed by atoms with Crippen LogP contribution in [0, 0.1) is 5.82 Å². The fourth-order valence-electron chi connectivity index (χ4n) is 4.11. The summed E-state index contributed by atoms with van der Waals surface area (Å²) in [7, 11) is 0. The van der Waals surface area contributed by atoms with E-state index in [1.54, 1.807) is 22.9 Å². The first-order valence-corrected chi connectivity index (χ1v) is 12.1. The van der Waals surface area contributed by atoms with Gasteiger partial charge in [0.15, 0.2) is 11.6 Å². The lowest BCUT2D eigenvalue weighted by Crippen LogP contribution is -2.36. The third kappa shape index (κ3) is 5.84. The average molecular weight is 468 g/mol. The zero-order valence-corrected chi connectivity index (χ0v) is 20.2. The van der Waals surface area contributed by atoms with Crippen LogP contribution in [0.4, 0.5) is 4.39 Å². The lowest BCUT2D eigenvalue weighted by molar-refractivity contribution is 0.0177. The Morgan fingerprint density at radius 2 is 1.82 bits per heavy atom. The molecule has 1 aliphatic rings. The van der Waals surface area contributed by atoms with E-state index in [9.17, 15) is 9.50 Å². The van der Waals surface area contributed by atoms with Crippen molar-refractivity contribution in [3.05, 3.63) is 71.7 Å². The first kappa shape index (κ1) is 24.4. The van der Waals surface area contributed by atoms with Crippen LogP contribution in [-0.2, 0) is 11.3 Å². The van der Waals surface area contributed by atoms with Crippen LogP contribution in [0.1, 0.15) is 50.8 Å². The number of hydrogen-bond acceptors (Lipinski definition) is 5. The average Bonchev–Trinajstić information content (AvgIpc) is 3.62. The topological polar surface area (TPSA) is 59.8 Å². The van der Waals surface area contributed by atoms with Crippen LogP contribution in [0.25, 0.3) is 5.69 Å². The van der Waals surface area contributed by atoms with Gasteiger partial charge in [0.05, 0.1) is 29.7 Å². The first-order valence-electron chi connectivity index (χ1n) is 12.1. The van der Waals surface area contributed by atoms with E-state index in [2.05, 4.69) is 18.7 Å². The molecule has 2 aromatic carbocycles. The van der Waals surface area contributed by atoms with Gasteiger partial charge in [-0.15, -0.1) is 0 Å². The summed E-state index contributed by atoms with van der Waals surface area (Å²) in [6, 6.07) is 16.6. The largest absolute Gasteiger partial charge is 0.435 e. The molecule has 0 bridgehead atoms. The van der Waals surface area contributed by atoms with Gasteiger partial charge in [0, 0.05) is 25.7 Å². The van der Waals surface area contributed by atoms with Crippen molar-refractivity contribution in [3.63, 3.8) is 0 Å². The highest BCUT2D eigenvalue weighted by Gasteiger charge is 2.33. The minimum Gasteiger partial charge on any atom is -0.435 e. The summed E-state index contributed by atoms with van der Waals surface area (Å²) in [4.78, 5) is 2.27. The fourth-order valence-corrected chi connectivity index (χ4v) is 4.11. The van der Waals surface area contributed by atoms with E-state index in [1.807, 2.05) is 37.3 Å². The van der Waals surface area contributed by atoms with E-state index < -0.39 is 11.9 Å². The lowest BCUT2D eigenvalue weighted by atomic mass is 10.1. The molecule has 3 aromatic rings. The molecule has 0 amide bonds. The number of halogens is 1. The molecule has 4 rings (SSSR count). The Bertz CT molecular complexity index is 1070. The van der Waals surface area contributed by atoms with Crippen LogP contribution in [0.3, 0.4) is 0 Å². The van der Waals surface area contributed by atoms with Crippen molar-refractivity contribution in [2.45, 2.75) is 58.2 Å². The van der Waals surface area contributed by atoms with Crippen LogP contribution < -0.4 is 4.74 Å². The van der Waals surface area contributed by atoms with E-state index >= 15 is 0 Å². The molecule has 182 valence electrons. The quantitative estimate of drug-likeness (QED) is 0.392. The molecule has 1 heterocycles. The molecule has 1 N–H and O–H groups in total. The van der Waals surface area contributed by atoms with Gasteiger partial charge >= 0.3 is 0 Å². The van der Waals surface area contributed by atoms with Crippen molar-refractivity contribution in [3.8, 4) is 17.3 Å². The lowest BCUT2D eigenvalue weighted by Gasteiger charge is -2.25. The van der Waals surface area contributed by atoms with Gasteiger partial charge in [-0.1, -0.05) is 44.2 Å². The number of nitrogens with zero attached hydrogens (tertiary/aromatic N) is 3. The van der Waals surface area contributed by atoms with Crippen LogP contribution >= 0.6 is 0 Å². The molecule has 0 spiro atoms. The second kappa shape index (κ2) is 11.1. The number of rotatable bonds is 12. The van der Waals surface area contributed by atoms with Crippen molar-refractivity contribution in [2.24, 2.45) is 0 Å². The molecule has 1 fully saturated rings. The van der Waals surface area contributed by atoms with Crippen LogP contribution in [0.2, 0.25) is 0 Å². The van der Waals surface area contributed by atoms with Gasteiger partial charge in [0.2, 0.25) is 5.88 Å². The number of aliphatic hydroxyl groups is 1. The van der Waals surface area contributed by atoms with Crippen LogP contribution in [-0.4, -0.2) is 51.7 Å². The number of aliphatic hydroxyl groups excluding tert-OH is 1. The number of benzene rings is 2. The highest BCUT2D eigenvalue weighted by molar-refractivity contribution is 5.44. The molecule has 6 nitrogen and oxygen atoms in total. The summed E-state index contributed by atoms with van der Waals surface area (Å²) in [6.07, 6.45) is 1.60. The second-order valence-electron chi connectivity index (χ2n) is 9.08. The van der Waals surface area contributed by atoms with Gasteiger partial charge in [-0.2, -0.15) is 5.10 Å². The second-order valence-corrected chi connectivity index (χ2v) is 9.08. The molecule has 1 aromatic heterocycles. The maximum absolute atomic E-state index is 14.6. The summed E-state index contributed by atoms with van der Waals surface area (Å²) in [6.45, 7) is 8.04. The Balaban J connectivity index is 1.75. The van der Waals surface area contributed by atoms with Gasteiger partial charge in [-0.25, -0.2) is 9.07 Å². The minimum atomic E-state index is -0.580. The van der Waals surface area contributed by atoms with E-state index in [4.69, 9.17) is 14.6 Å². The smallest absolute Gasteiger partial charge is 0.227 e. The summed E-state index contributed by atoms with van der Waals surface area (Å²) < 4.78 is 28.0. The molecule has 1 unspecified atom stereocenters. The molecular weight excluding hydrogens is 433 g/mol. The van der Waals surface area contributed by atoms with E-state index in [1.165, 1.54) is 6.07 Å². The monoisotopic (exact) mass is 467 g/mol. The number of hydrogen-bond donors (Lipinski definition) is 1. The Kier molecular flexibility index (Phi) is 7.98. The van der Waals surface area contributed by atoms with Gasteiger partial charge in [0.1, 0.15) is 0 Å². The van der Waals surface area contributed by atoms with Gasteiger partial charge in [-0.3, -0.25) is 4.90 Å². The van der Waals surface area contributed by atoms with E-state index in [0.717, 1.165) is 29.8 Å². The molecular formula is C27H34FN3O3.